The molecule has 2 rings (SSSR count). The number of hydrogen-bond acceptors (Lipinski definition) is 3. The molecule has 1 aromatic carbocycles. The third kappa shape index (κ3) is 3.41. The molecule has 0 aliphatic rings. The molecular formula is C12H9ClN2OS. The van der Waals surface area contributed by atoms with E-state index in [2.05, 4.69) is 10.5 Å². The normalized spacial score (nSPS) is 10.6. The van der Waals surface area contributed by atoms with E-state index in [1.807, 2.05) is 16.8 Å². The molecule has 86 valence electrons. The van der Waals surface area contributed by atoms with Crippen LogP contribution in [0.15, 0.2) is 46.2 Å². The van der Waals surface area contributed by atoms with E-state index in [-0.39, 0.29) is 5.91 Å². The van der Waals surface area contributed by atoms with Crippen molar-refractivity contribution in [3.05, 3.63) is 57.2 Å². The molecule has 0 radical (unpaired) electrons. The minimum atomic E-state index is -0.256. The maximum atomic E-state index is 11.6. The molecule has 0 fully saturated rings. The lowest BCUT2D eigenvalue weighted by molar-refractivity contribution is 0.0955. The van der Waals surface area contributed by atoms with Crippen LogP contribution in [0.1, 0.15) is 15.9 Å². The highest BCUT2D eigenvalue weighted by Gasteiger charge is 2.02. The van der Waals surface area contributed by atoms with Crippen molar-refractivity contribution in [3.63, 3.8) is 0 Å². The fourth-order valence-electron chi connectivity index (χ4n) is 1.18. The highest BCUT2D eigenvalue weighted by Crippen LogP contribution is 2.09. The molecule has 1 amide bonds. The molecule has 0 saturated heterocycles. The van der Waals surface area contributed by atoms with Gasteiger partial charge in [-0.15, -0.1) is 0 Å². The van der Waals surface area contributed by atoms with Gasteiger partial charge in [-0.3, -0.25) is 4.79 Å². The first-order valence-corrected chi connectivity index (χ1v) is 6.19. The highest BCUT2D eigenvalue weighted by molar-refractivity contribution is 7.08. The Morgan fingerprint density at radius 1 is 1.29 bits per heavy atom. The predicted octanol–water partition coefficient (Wildman–Crippen LogP) is 3.17. The average Bonchev–Trinajstić information content (AvgIpc) is 2.83. The topological polar surface area (TPSA) is 41.5 Å². The molecule has 1 N–H and O–H groups in total. The molecule has 0 atom stereocenters. The Bertz CT molecular complexity index is 520. The molecule has 0 aliphatic heterocycles. The van der Waals surface area contributed by atoms with Gasteiger partial charge in [-0.2, -0.15) is 16.4 Å². The van der Waals surface area contributed by atoms with Crippen LogP contribution in [-0.2, 0) is 0 Å². The molecular weight excluding hydrogens is 256 g/mol. The molecule has 0 saturated carbocycles. The zero-order valence-corrected chi connectivity index (χ0v) is 10.3. The summed E-state index contributed by atoms with van der Waals surface area (Å²) in [6.07, 6.45) is 1.60. The molecule has 1 heterocycles. The molecule has 2 aromatic rings. The summed E-state index contributed by atoms with van der Waals surface area (Å²) >= 11 is 7.31. The van der Waals surface area contributed by atoms with Gasteiger partial charge in [0.25, 0.3) is 5.91 Å². The molecule has 0 bridgehead atoms. The van der Waals surface area contributed by atoms with Gasteiger partial charge in [0.2, 0.25) is 0 Å². The van der Waals surface area contributed by atoms with Crippen molar-refractivity contribution in [2.75, 3.05) is 0 Å². The summed E-state index contributed by atoms with van der Waals surface area (Å²) < 4.78 is 0. The van der Waals surface area contributed by atoms with Gasteiger partial charge < -0.3 is 0 Å². The fraction of sp³-hybridized carbons (Fsp3) is 0. The van der Waals surface area contributed by atoms with E-state index in [1.165, 1.54) is 0 Å². The number of thiophene rings is 1. The number of halogens is 1. The van der Waals surface area contributed by atoms with E-state index in [0.29, 0.717) is 10.6 Å². The average molecular weight is 265 g/mol. The standard InChI is InChI=1S/C12H9ClN2OS/c13-11-3-1-10(2-4-11)12(16)15-14-7-9-5-6-17-8-9/h1-8H,(H,15,16)/b14-7-. The third-order valence-corrected chi connectivity index (χ3v) is 2.98. The Labute approximate surface area is 108 Å². The van der Waals surface area contributed by atoms with Crippen LogP contribution < -0.4 is 5.43 Å². The van der Waals surface area contributed by atoms with Gasteiger partial charge in [-0.05, 0) is 41.1 Å². The minimum Gasteiger partial charge on any atom is -0.267 e. The van der Waals surface area contributed by atoms with Crippen molar-refractivity contribution in [1.82, 2.24) is 5.43 Å². The summed E-state index contributed by atoms with van der Waals surface area (Å²) in [5.74, 6) is -0.256. The van der Waals surface area contributed by atoms with E-state index in [9.17, 15) is 4.79 Å². The van der Waals surface area contributed by atoms with E-state index in [4.69, 9.17) is 11.6 Å². The van der Waals surface area contributed by atoms with Crippen LogP contribution in [0, 0.1) is 0 Å². The van der Waals surface area contributed by atoms with Crippen molar-refractivity contribution < 1.29 is 4.79 Å². The number of rotatable bonds is 3. The summed E-state index contributed by atoms with van der Waals surface area (Å²) in [4.78, 5) is 11.6. The van der Waals surface area contributed by atoms with Crippen molar-refractivity contribution in [2.45, 2.75) is 0 Å². The minimum absolute atomic E-state index is 0.256. The van der Waals surface area contributed by atoms with Gasteiger partial charge in [-0.1, -0.05) is 11.6 Å². The summed E-state index contributed by atoms with van der Waals surface area (Å²) in [7, 11) is 0. The number of hydrogen-bond donors (Lipinski definition) is 1. The molecule has 1 aromatic heterocycles. The summed E-state index contributed by atoms with van der Waals surface area (Å²) in [5.41, 5.74) is 3.94. The van der Waals surface area contributed by atoms with Crippen LogP contribution >= 0.6 is 22.9 Å². The summed E-state index contributed by atoms with van der Waals surface area (Å²) in [5, 5.41) is 8.35. The van der Waals surface area contributed by atoms with Crippen LogP contribution in [-0.4, -0.2) is 12.1 Å². The van der Waals surface area contributed by atoms with E-state index >= 15 is 0 Å². The molecule has 0 unspecified atom stereocenters. The van der Waals surface area contributed by atoms with E-state index in [0.717, 1.165) is 5.56 Å². The van der Waals surface area contributed by atoms with Gasteiger partial charge in [0.15, 0.2) is 0 Å². The largest absolute Gasteiger partial charge is 0.271 e. The summed E-state index contributed by atoms with van der Waals surface area (Å²) in [6.45, 7) is 0. The van der Waals surface area contributed by atoms with E-state index < -0.39 is 0 Å². The lowest BCUT2D eigenvalue weighted by Crippen LogP contribution is -2.17. The van der Waals surface area contributed by atoms with Gasteiger partial charge >= 0.3 is 0 Å². The van der Waals surface area contributed by atoms with Crippen molar-refractivity contribution in [1.29, 1.82) is 0 Å². The van der Waals surface area contributed by atoms with Gasteiger partial charge in [0, 0.05) is 16.1 Å². The van der Waals surface area contributed by atoms with Gasteiger partial charge in [-0.25, -0.2) is 5.43 Å². The molecule has 17 heavy (non-hydrogen) atoms. The Morgan fingerprint density at radius 2 is 2.06 bits per heavy atom. The van der Waals surface area contributed by atoms with Gasteiger partial charge in [0.05, 0.1) is 6.21 Å². The number of carbonyl (C=O) groups excluding carboxylic acids is 1. The number of carbonyl (C=O) groups is 1. The second-order valence-corrected chi connectivity index (χ2v) is 4.48. The SMILES string of the molecule is O=C(N/N=C\c1ccsc1)c1ccc(Cl)cc1. The second kappa shape index (κ2) is 5.61. The van der Waals surface area contributed by atoms with Crippen LogP contribution in [0.4, 0.5) is 0 Å². The van der Waals surface area contributed by atoms with Crippen molar-refractivity contribution in [2.24, 2.45) is 5.10 Å². The second-order valence-electron chi connectivity index (χ2n) is 3.26. The molecule has 0 spiro atoms. The number of benzene rings is 1. The van der Waals surface area contributed by atoms with Crippen molar-refractivity contribution >= 4 is 35.1 Å². The quantitative estimate of drug-likeness (QED) is 0.671. The highest BCUT2D eigenvalue weighted by atomic mass is 35.5. The van der Waals surface area contributed by atoms with E-state index in [1.54, 1.807) is 41.8 Å². The first-order chi connectivity index (χ1) is 8.25. The fourth-order valence-corrected chi connectivity index (χ4v) is 1.92. The van der Waals surface area contributed by atoms with Crippen LogP contribution in [0.25, 0.3) is 0 Å². The Hall–Kier alpha value is -1.65. The number of hydrazone groups is 1. The molecule has 5 heteroatoms. The maximum Gasteiger partial charge on any atom is 0.271 e. The smallest absolute Gasteiger partial charge is 0.267 e. The molecule has 3 nitrogen and oxygen atoms in total. The first-order valence-electron chi connectivity index (χ1n) is 4.87. The first kappa shape index (κ1) is 11.8. The van der Waals surface area contributed by atoms with Crippen LogP contribution in [0.5, 0.6) is 0 Å². The Kier molecular flexibility index (Phi) is 3.90. The Balaban J connectivity index is 1.96. The maximum absolute atomic E-state index is 11.6. The zero-order chi connectivity index (χ0) is 12.1. The van der Waals surface area contributed by atoms with Crippen molar-refractivity contribution in [3.8, 4) is 0 Å². The lowest BCUT2D eigenvalue weighted by atomic mass is 10.2. The monoisotopic (exact) mass is 264 g/mol. The molecule has 0 aliphatic carbocycles. The third-order valence-electron chi connectivity index (χ3n) is 2.03. The Morgan fingerprint density at radius 3 is 2.71 bits per heavy atom. The number of amides is 1. The van der Waals surface area contributed by atoms with Crippen LogP contribution in [0.3, 0.4) is 0 Å². The lowest BCUT2D eigenvalue weighted by Gasteiger charge is -1.99. The number of nitrogens with one attached hydrogen (secondary N) is 1. The van der Waals surface area contributed by atoms with Crippen LogP contribution in [0.2, 0.25) is 5.02 Å². The predicted molar refractivity (Wildman–Crippen MR) is 70.8 cm³/mol. The summed E-state index contributed by atoms with van der Waals surface area (Å²) in [6, 6.07) is 8.55. The number of nitrogens with zero attached hydrogens (tertiary/aromatic N) is 1. The van der Waals surface area contributed by atoms with Gasteiger partial charge in [0.1, 0.15) is 0 Å². The zero-order valence-electron chi connectivity index (χ0n) is 8.76.